The maximum atomic E-state index is 11.6. The lowest BCUT2D eigenvalue weighted by Crippen LogP contribution is -2.31. The number of carbonyl (C=O) groups excluding carboxylic acids is 1. The molecule has 0 aliphatic heterocycles. The average molecular weight is 240 g/mol. The fraction of sp³-hybridized carbons (Fsp3) is 0.500. The molecule has 1 unspecified atom stereocenters. The maximum absolute atomic E-state index is 11.6. The molecule has 1 aromatic heterocycles. The third-order valence-corrected chi connectivity index (χ3v) is 3.00. The van der Waals surface area contributed by atoms with Crippen molar-refractivity contribution in [1.29, 1.82) is 0 Å². The second-order valence-electron chi connectivity index (χ2n) is 3.30. The van der Waals surface area contributed by atoms with Gasteiger partial charge in [-0.2, -0.15) is 0 Å². The van der Waals surface area contributed by atoms with Crippen molar-refractivity contribution in [2.24, 2.45) is 0 Å². The monoisotopic (exact) mass is 240 g/mol. The van der Waals surface area contributed by atoms with Crippen molar-refractivity contribution in [3.8, 4) is 0 Å². The van der Waals surface area contributed by atoms with Crippen LogP contribution in [-0.4, -0.2) is 27.7 Å². The minimum Gasteiger partial charge on any atom is -0.381 e. The van der Waals surface area contributed by atoms with Crippen LogP contribution in [0.3, 0.4) is 0 Å². The molecule has 88 valence electrons. The van der Waals surface area contributed by atoms with Gasteiger partial charge in [0.25, 0.3) is 0 Å². The third kappa shape index (κ3) is 3.69. The number of hydrogen-bond acceptors (Lipinski definition) is 5. The third-order valence-electron chi connectivity index (χ3n) is 1.90. The number of nitrogen functional groups attached to an aromatic ring is 1. The summed E-state index contributed by atoms with van der Waals surface area (Å²) in [7, 11) is 0. The Bertz CT molecular complexity index is 358. The number of hydrogen-bond donors (Lipinski definition) is 2. The Balaban J connectivity index is 2.54. The molecule has 1 atom stereocenters. The smallest absolute Gasteiger partial charge is 0.233 e. The maximum Gasteiger partial charge on any atom is 0.233 e. The number of amides is 1. The topological polar surface area (TPSA) is 80.9 Å². The highest BCUT2D eigenvalue weighted by molar-refractivity contribution is 8.00. The summed E-state index contributed by atoms with van der Waals surface area (Å²) >= 11 is 1.32. The highest BCUT2D eigenvalue weighted by Gasteiger charge is 2.15. The van der Waals surface area contributed by atoms with Crippen molar-refractivity contribution < 1.29 is 4.79 Å². The molecule has 1 amide bonds. The van der Waals surface area contributed by atoms with E-state index in [0.29, 0.717) is 17.4 Å². The van der Waals surface area contributed by atoms with Crippen LogP contribution in [0.1, 0.15) is 20.3 Å². The Morgan fingerprint density at radius 1 is 1.56 bits per heavy atom. The van der Waals surface area contributed by atoms with Gasteiger partial charge in [0.15, 0.2) is 5.82 Å². The van der Waals surface area contributed by atoms with Gasteiger partial charge in [0.05, 0.1) is 5.25 Å². The van der Waals surface area contributed by atoms with Gasteiger partial charge >= 0.3 is 0 Å². The number of thioether (sulfide) groups is 1. The molecule has 0 radical (unpaired) electrons. The number of nitrogens with one attached hydrogen (secondary N) is 1. The van der Waals surface area contributed by atoms with E-state index >= 15 is 0 Å². The zero-order valence-electron chi connectivity index (χ0n) is 9.43. The van der Waals surface area contributed by atoms with E-state index in [1.807, 2.05) is 13.8 Å². The predicted molar refractivity (Wildman–Crippen MR) is 65.1 cm³/mol. The van der Waals surface area contributed by atoms with Gasteiger partial charge in [-0.05, 0) is 13.3 Å². The van der Waals surface area contributed by atoms with Crippen LogP contribution in [-0.2, 0) is 4.79 Å². The lowest BCUT2D eigenvalue weighted by Gasteiger charge is -2.11. The number of nitrogens with zero attached hydrogens (tertiary/aromatic N) is 2. The van der Waals surface area contributed by atoms with Gasteiger partial charge in [-0.3, -0.25) is 4.79 Å². The van der Waals surface area contributed by atoms with Gasteiger partial charge in [0.2, 0.25) is 5.91 Å². The van der Waals surface area contributed by atoms with Crippen LogP contribution in [0.15, 0.2) is 17.4 Å². The van der Waals surface area contributed by atoms with Gasteiger partial charge in [0.1, 0.15) is 5.03 Å². The molecule has 0 fully saturated rings. The first kappa shape index (κ1) is 12.8. The summed E-state index contributed by atoms with van der Waals surface area (Å²) in [4.78, 5) is 19.6. The van der Waals surface area contributed by atoms with Gasteiger partial charge in [0, 0.05) is 18.9 Å². The minimum atomic E-state index is -0.217. The van der Waals surface area contributed by atoms with Crippen LogP contribution in [0.2, 0.25) is 0 Å². The molecule has 0 spiro atoms. The second kappa shape index (κ2) is 6.32. The molecule has 0 aromatic carbocycles. The molecule has 0 bridgehead atoms. The van der Waals surface area contributed by atoms with Crippen molar-refractivity contribution in [2.75, 3.05) is 12.3 Å². The van der Waals surface area contributed by atoms with E-state index in [1.165, 1.54) is 18.0 Å². The summed E-state index contributed by atoms with van der Waals surface area (Å²) in [5, 5.41) is 3.20. The van der Waals surface area contributed by atoms with Crippen molar-refractivity contribution in [1.82, 2.24) is 15.3 Å². The predicted octanol–water partition coefficient (Wildman–Crippen LogP) is 1.07. The quantitative estimate of drug-likeness (QED) is 0.752. The Kier molecular flexibility index (Phi) is 5.04. The van der Waals surface area contributed by atoms with E-state index < -0.39 is 0 Å². The molecule has 1 heterocycles. The first-order valence-corrected chi connectivity index (χ1v) is 6.04. The Morgan fingerprint density at radius 3 is 2.88 bits per heavy atom. The molecule has 6 heteroatoms. The molecule has 0 aliphatic carbocycles. The zero-order valence-corrected chi connectivity index (χ0v) is 10.3. The lowest BCUT2D eigenvalue weighted by atomic mass is 10.4. The van der Waals surface area contributed by atoms with E-state index in [9.17, 15) is 4.79 Å². The second-order valence-corrected chi connectivity index (χ2v) is 4.63. The van der Waals surface area contributed by atoms with Crippen LogP contribution in [0.25, 0.3) is 0 Å². The number of anilines is 1. The normalized spacial score (nSPS) is 12.1. The van der Waals surface area contributed by atoms with Crippen LogP contribution < -0.4 is 11.1 Å². The van der Waals surface area contributed by atoms with E-state index in [1.54, 1.807) is 6.20 Å². The highest BCUT2D eigenvalue weighted by atomic mass is 32.2. The summed E-state index contributed by atoms with van der Waals surface area (Å²) in [5.74, 6) is 0.361. The van der Waals surface area contributed by atoms with Crippen molar-refractivity contribution in [3.05, 3.63) is 12.4 Å². The first-order valence-electron chi connectivity index (χ1n) is 5.16. The molecule has 0 saturated heterocycles. The molecule has 0 saturated carbocycles. The minimum absolute atomic E-state index is 0.00287. The van der Waals surface area contributed by atoms with Crippen molar-refractivity contribution in [2.45, 2.75) is 30.5 Å². The van der Waals surface area contributed by atoms with E-state index in [2.05, 4.69) is 15.3 Å². The van der Waals surface area contributed by atoms with Crippen LogP contribution in [0, 0.1) is 0 Å². The number of aromatic nitrogens is 2. The highest BCUT2D eigenvalue weighted by Crippen LogP contribution is 2.24. The summed E-state index contributed by atoms with van der Waals surface area (Å²) in [5.41, 5.74) is 5.64. The van der Waals surface area contributed by atoms with Crippen LogP contribution in [0.4, 0.5) is 5.82 Å². The lowest BCUT2D eigenvalue weighted by molar-refractivity contribution is -0.120. The molecule has 1 rings (SSSR count). The molecule has 5 nitrogen and oxygen atoms in total. The first-order chi connectivity index (χ1) is 7.65. The van der Waals surface area contributed by atoms with Crippen LogP contribution in [0.5, 0.6) is 0 Å². The van der Waals surface area contributed by atoms with Gasteiger partial charge in [-0.1, -0.05) is 18.7 Å². The van der Waals surface area contributed by atoms with E-state index in [0.717, 1.165) is 6.42 Å². The SMILES string of the molecule is CCCNC(=O)C(C)Sc1nccnc1N. The van der Waals surface area contributed by atoms with Crippen LogP contribution >= 0.6 is 11.8 Å². The molecule has 16 heavy (non-hydrogen) atoms. The summed E-state index contributed by atoms with van der Waals surface area (Å²) in [6, 6.07) is 0. The molecular formula is C10H16N4OS. The summed E-state index contributed by atoms with van der Waals surface area (Å²) < 4.78 is 0. The Labute approximate surface area is 99.2 Å². The number of carbonyl (C=O) groups is 1. The van der Waals surface area contributed by atoms with Gasteiger partial charge in [-0.25, -0.2) is 9.97 Å². The molecule has 0 aliphatic rings. The van der Waals surface area contributed by atoms with Gasteiger partial charge in [-0.15, -0.1) is 0 Å². The van der Waals surface area contributed by atoms with Gasteiger partial charge < -0.3 is 11.1 Å². The fourth-order valence-electron chi connectivity index (χ4n) is 1.04. The van der Waals surface area contributed by atoms with E-state index in [-0.39, 0.29) is 11.2 Å². The molecule has 1 aromatic rings. The van der Waals surface area contributed by atoms with Crippen molar-refractivity contribution in [3.63, 3.8) is 0 Å². The Hall–Kier alpha value is -1.30. The molecule has 3 N–H and O–H groups in total. The number of nitrogens with two attached hydrogens (primary N) is 1. The summed E-state index contributed by atoms with van der Waals surface area (Å²) in [6.07, 6.45) is 4.02. The number of rotatable bonds is 5. The Morgan fingerprint density at radius 2 is 2.25 bits per heavy atom. The largest absolute Gasteiger partial charge is 0.381 e. The van der Waals surface area contributed by atoms with E-state index in [4.69, 9.17) is 5.73 Å². The average Bonchev–Trinajstić information content (AvgIpc) is 2.28. The standard InChI is InChI=1S/C10H16N4OS/c1-3-4-13-9(15)7(2)16-10-8(11)12-5-6-14-10/h5-7H,3-4H2,1-2H3,(H2,11,12)(H,13,15). The molecular weight excluding hydrogens is 224 g/mol. The fourth-order valence-corrected chi connectivity index (χ4v) is 1.86. The zero-order chi connectivity index (χ0) is 12.0. The van der Waals surface area contributed by atoms with Crippen molar-refractivity contribution >= 4 is 23.5 Å². The summed E-state index contributed by atoms with van der Waals surface area (Å²) in [6.45, 7) is 4.53.